The average molecular weight is 488 g/mol. The van der Waals surface area contributed by atoms with Crippen molar-refractivity contribution in [3.05, 3.63) is 78.1 Å². The van der Waals surface area contributed by atoms with Crippen molar-refractivity contribution in [2.24, 2.45) is 4.99 Å². The maximum Gasteiger partial charge on any atom is 0.417 e. The number of ketones is 1. The number of ether oxygens (including phenoxy) is 1. The molecule has 0 unspecified atom stereocenters. The molecule has 0 atom stereocenters. The van der Waals surface area contributed by atoms with Crippen LogP contribution in [0.5, 0.6) is 5.95 Å². The molecule has 186 valence electrons. The van der Waals surface area contributed by atoms with Crippen LogP contribution >= 0.6 is 0 Å². The Balaban J connectivity index is 1.07. The lowest BCUT2D eigenvalue weighted by atomic mass is 10.0. The number of carbonyl (C=O) groups is 2. The summed E-state index contributed by atoms with van der Waals surface area (Å²) in [5, 5.41) is 6.43. The summed E-state index contributed by atoms with van der Waals surface area (Å²) in [4.78, 5) is 33.2. The van der Waals surface area contributed by atoms with Crippen molar-refractivity contribution in [2.45, 2.75) is 12.8 Å². The molecule has 2 aliphatic rings. The molecule has 0 aliphatic carbocycles. The van der Waals surface area contributed by atoms with Crippen LogP contribution in [0.4, 0.5) is 16.2 Å². The summed E-state index contributed by atoms with van der Waals surface area (Å²) in [6.45, 7) is 4.15. The molecule has 5 rings (SSSR count). The summed E-state index contributed by atoms with van der Waals surface area (Å²) in [5.74, 6) is 1.12. The van der Waals surface area contributed by atoms with E-state index in [4.69, 9.17) is 9.15 Å². The van der Waals surface area contributed by atoms with Gasteiger partial charge >= 0.3 is 6.09 Å². The van der Waals surface area contributed by atoms with Gasteiger partial charge in [-0.05, 0) is 54.4 Å². The summed E-state index contributed by atoms with van der Waals surface area (Å²) in [6.07, 6.45) is 2.21. The van der Waals surface area contributed by atoms with Crippen molar-refractivity contribution in [1.29, 1.82) is 0 Å². The third kappa shape index (κ3) is 5.86. The van der Waals surface area contributed by atoms with Gasteiger partial charge in [-0.15, -0.1) is 0 Å². The molecule has 1 aromatic heterocycles. The van der Waals surface area contributed by atoms with E-state index in [1.165, 1.54) is 6.26 Å². The minimum absolute atomic E-state index is 0.124. The maximum absolute atomic E-state index is 12.7. The van der Waals surface area contributed by atoms with Gasteiger partial charge in [0.1, 0.15) is 0 Å². The first-order valence-electron chi connectivity index (χ1n) is 12.2. The Hall–Kier alpha value is -4.27. The second-order valence-corrected chi connectivity index (χ2v) is 8.72. The Bertz CT molecular complexity index is 1200. The monoisotopic (exact) mass is 487 g/mol. The molecule has 0 bridgehead atoms. The van der Waals surface area contributed by atoms with Gasteiger partial charge in [0.15, 0.2) is 11.7 Å². The van der Waals surface area contributed by atoms with Crippen molar-refractivity contribution in [3.63, 3.8) is 0 Å². The molecule has 0 saturated carbocycles. The van der Waals surface area contributed by atoms with E-state index in [0.717, 1.165) is 36.0 Å². The maximum atomic E-state index is 12.7. The van der Waals surface area contributed by atoms with E-state index in [-0.39, 0.29) is 11.7 Å². The fourth-order valence-electron chi connectivity index (χ4n) is 4.25. The molecule has 9 heteroatoms. The van der Waals surface area contributed by atoms with Gasteiger partial charge < -0.3 is 29.6 Å². The Labute approximate surface area is 209 Å². The molecule has 3 aromatic rings. The first-order chi connectivity index (χ1) is 17.6. The Morgan fingerprint density at radius 2 is 1.78 bits per heavy atom. The zero-order chi connectivity index (χ0) is 24.7. The lowest BCUT2D eigenvalue weighted by Crippen LogP contribution is -2.49. The number of carbonyl (C=O) groups excluding carboxylic acids is 2. The number of rotatable bonds is 7. The number of nitrogens with zero attached hydrogens (tertiary/aromatic N) is 3. The largest absolute Gasteiger partial charge is 0.434 e. The van der Waals surface area contributed by atoms with Crippen LogP contribution < -0.4 is 20.3 Å². The number of aliphatic imine (C=N–C) groups is 1. The Kier molecular flexibility index (Phi) is 7.16. The van der Waals surface area contributed by atoms with E-state index in [1.54, 1.807) is 17.0 Å². The number of anilines is 2. The lowest BCUT2D eigenvalue weighted by molar-refractivity contribution is 0.0982. The normalized spacial score (nSPS) is 15.3. The highest BCUT2D eigenvalue weighted by Crippen LogP contribution is 2.20. The molecule has 36 heavy (non-hydrogen) atoms. The van der Waals surface area contributed by atoms with Crippen LogP contribution in [0.2, 0.25) is 0 Å². The van der Waals surface area contributed by atoms with Gasteiger partial charge in [0, 0.05) is 62.1 Å². The van der Waals surface area contributed by atoms with Crippen LogP contribution in [0.1, 0.15) is 22.3 Å². The molecular formula is C27H29N5O4. The number of piperazine rings is 1. The van der Waals surface area contributed by atoms with E-state index in [0.29, 0.717) is 44.6 Å². The van der Waals surface area contributed by atoms with Crippen molar-refractivity contribution >= 4 is 29.2 Å². The van der Waals surface area contributed by atoms with E-state index in [1.807, 2.05) is 48.5 Å². The number of guanidine groups is 1. The van der Waals surface area contributed by atoms with Gasteiger partial charge in [-0.1, -0.05) is 12.1 Å². The Morgan fingerprint density at radius 3 is 2.44 bits per heavy atom. The SMILES string of the molecule is O=C(CCc1ccc(NC2=NCCN2)cc1)c1ccc(N2CCN(C(=O)Oc3ccco3)CC2)cc1. The minimum Gasteiger partial charge on any atom is -0.434 e. The van der Waals surface area contributed by atoms with E-state index in [2.05, 4.69) is 20.5 Å². The van der Waals surface area contributed by atoms with Crippen molar-refractivity contribution in [2.75, 3.05) is 49.5 Å². The Morgan fingerprint density at radius 1 is 1.00 bits per heavy atom. The van der Waals surface area contributed by atoms with Gasteiger partial charge in [-0.3, -0.25) is 9.79 Å². The van der Waals surface area contributed by atoms with Crippen LogP contribution in [-0.2, 0) is 6.42 Å². The fraction of sp³-hybridized carbons (Fsp3) is 0.296. The van der Waals surface area contributed by atoms with E-state index >= 15 is 0 Å². The topological polar surface area (TPSA) is 99.4 Å². The van der Waals surface area contributed by atoms with Gasteiger partial charge in [-0.2, -0.15) is 0 Å². The fourth-order valence-corrected chi connectivity index (χ4v) is 4.25. The molecule has 2 aliphatic heterocycles. The summed E-state index contributed by atoms with van der Waals surface area (Å²) in [5.41, 5.74) is 3.84. The highest BCUT2D eigenvalue weighted by atomic mass is 16.6. The molecule has 2 aromatic carbocycles. The summed E-state index contributed by atoms with van der Waals surface area (Å²) >= 11 is 0. The van der Waals surface area contributed by atoms with Crippen LogP contribution in [0, 0.1) is 0 Å². The van der Waals surface area contributed by atoms with Crippen LogP contribution in [0.25, 0.3) is 0 Å². The summed E-state index contributed by atoms with van der Waals surface area (Å²) in [6, 6.07) is 19.1. The number of furan rings is 1. The number of hydrogen-bond donors (Lipinski definition) is 2. The first kappa shape index (κ1) is 23.5. The molecule has 9 nitrogen and oxygen atoms in total. The third-order valence-corrected chi connectivity index (χ3v) is 6.31. The molecule has 2 N–H and O–H groups in total. The summed E-state index contributed by atoms with van der Waals surface area (Å²) < 4.78 is 10.3. The standard InChI is InChI=1S/C27H29N5O4/c33-24(12-5-20-3-8-22(9-4-20)30-26-28-13-14-29-26)21-6-10-23(11-7-21)31-15-17-32(18-16-31)27(34)36-25-2-1-19-35-25/h1-4,6-11,19H,5,12-18H2,(H2,28,29,30). The first-order valence-corrected chi connectivity index (χ1v) is 12.2. The molecule has 0 radical (unpaired) electrons. The second kappa shape index (κ2) is 11.0. The number of Topliss-reactive ketones (excluding diaryl/α,β-unsaturated/α-hetero) is 1. The molecule has 1 saturated heterocycles. The lowest BCUT2D eigenvalue weighted by Gasteiger charge is -2.35. The van der Waals surface area contributed by atoms with Gasteiger partial charge in [0.2, 0.25) is 0 Å². The van der Waals surface area contributed by atoms with Crippen LogP contribution in [-0.4, -0.2) is 62.0 Å². The zero-order valence-corrected chi connectivity index (χ0v) is 20.0. The van der Waals surface area contributed by atoms with Crippen LogP contribution in [0.15, 0.2) is 76.3 Å². The van der Waals surface area contributed by atoms with Gasteiger partial charge in [0.25, 0.3) is 5.95 Å². The molecular weight excluding hydrogens is 458 g/mol. The van der Waals surface area contributed by atoms with Crippen LogP contribution in [0.3, 0.4) is 0 Å². The van der Waals surface area contributed by atoms with Crippen molar-refractivity contribution in [3.8, 4) is 5.95 Å². The van der Waals surface area contributed by atoms with E-state index in [9.17, 15) is 9.59 Å². The molecule has 1 amide bonds. The number of amides is 1. The molecule has 3 heterocycles. The zero-order valence-electron chi connectivity index (χ0n) is 20.0. The number of benzene rings is 2. The predicted molar refractivity (Wildman–Crippen MR) is 138 cm³/mol. The van der Waals surface area contributed by atoms with Gasteiger partial charge in [0.05, 0.1) is 12.8 Å². The highest BCUT2D eigenvalue weighted by molar-refractivity contribution is 5.96. The number of hydrogen-bond acceptors (Lipinski definition) is 8. The molecule has 1 fully saturated rings. The van der Waals surface area contributed by atoms with E-state index < -0.39 is 6.09 Å². The smallest absolute Gasteiger partial charge is 0.417 e. The predicted octanol–water partition coefficient (Wildman–Crippen LogP) is 3.79. The van der Waals surface area contributed by atoms with Gasteiger partial charge in [-0.25, -0.2) is 4.79 Å². The number of nitrogens with one attached hydrogen (secondary N) is 2. The highest BCUT2D eigenvalue weighted by Gasteiger charge is 2.23. The van der Waals surface area contributed by atoms with Crippen molar-refractivity contribution < 1.29 is 18.7 Å². The second-order valence-electron chi connectivity index (χ2n) is 8.72. The summed E-state index contributed by atoms with van der Waals surface area (Å²) in [7, 11) is 0. The minimum atomic E-state index is -0.406. The third-order valence-electron chi connectivity index (χ3n) is 6.31. The number of aryl methyl sites for hydroxylation is 1. The van der Waals surface area contributed by atoms with Crippen molar-refractivity contribution in [1.82, 2.24) is 10.2 Å². The molecule has 0 spiro atoms. The quantitative estimate of drug-likeness (QED) is 0.489. The average Bonchev–Trinajstić information content (AvgIpc) is 3.63.